The second-order valence-electron chi connectivity index (χ2n) is 5.39. The molecule has 0 radical (unpaired) electrons. The Kier molecular flexibility index (Phi) is 6.83. The number of nitrogens with one attached hydrogen (secondary N) is 2. The van der Waals surface area contributed by atoms with Crippen LogP contribution >= 0.6 is 0 Å². The number of hydrogen-bond donors (Lipinski definition) is 2. The number of benzene rings is 2. The van der Waals surface area contributed by atoms with Crippen LogP contribution in [-0.4, -0.2) is 32.3 Å². The molecule has 2 N–H and O–H groups in total. The Bertz CT molecular complexity index is 731. The first-order valence-corrected chi connectivity index (χ1v) is 8.02. The van der Waals surface area contributed by atoms with Gasteiger partial charge < -0.3 is 20.1 Å². The fourth-order valence-electron chi connectivity index (χ4n) is 2.22. The van der Waals surface area contributed by atoms with E-state index in [0.717, 1.165) is 11.3 Å². The Morgan fingerprint density at radius 1 is 1.04 bits per heavy atom. The first-order valence-electron chi connectivity index (χ1n) is 8.02. The van der Waals surface area contributed by atoms with E-state index >= 15 is 0 Å². The molecule has 0 aliphatic rings. The number of para-hydroxylation sites is 2. The average Bonchev–Trinajstić information content (AvgIpc) is 2.62. The van der Waals surface area contributed by atoms with E-state index in [0.29, 0.717) is 30.8 Å². The average molecular weight is 342 g/mol. The van der Waals surface area contributed by atoms with Gasteiger partial charge in [-0.05, 0) is 37.1 Å². The number of rotatable bonds is 7. The maximum Gasteiger partial charge on any atom is 0.339 e. The van der Waals surface area contributed by atoms with Crippen LogP contribution in [0.25, 0.3) is 0 Å². The minimum atomic E-state index is -0.498. The van der Waals surface area contributed by atoms with E-state index in [9.17, 15) is 9.59 Å². The monoisotopic (exact) mass is 342 g/mol. The van der Waals surface area contributed by atoms with Gasteiger partial charge in [0, 0.05) is 6.54 Å². The Labute approximate surface area is 147 Å². The van der Waals surface area contributed by atoms with Crippen molar-refractivity contribution < 1.29 is 19.1 Å². The van der Waals surface area contributed by atoms with Gasteiger partial charge in [-0.1, -0.05) is 30.3 Å². The summed E-state index contributed by atoms with van der Waals surface area (Å²) < 4.78 is 10.4. The minimum absolute atomic E-state index is 0.308. The third-order valence-electron chi connectivity index (χ3n) is 3.54. The number of aryl methyl sites for hydroxylation is 1. The fourth-order valence-corrected chi connectivity index (χ4v) is 2.22. The summed E-state index contributed by atoms with van der Waals surface area (Å²) in [6.07, 6.45) is 0.667. The number of amides is 2. The first kappa shape index (κ1) is 18.3. The summed E-state index contributed by atoms with van der Waals surface area (Å²) in [7, 11) is 1.30. The van der Waals surface area contributed by atoms with E-state index in [2.05, 4.69) is 10.6 Å². The van der Waals surface area contributed by atoms with Gasteiger partial charge in [0.2, 0.25) is 0 Å². The third-order valence-corrected chi connectivity index (χ3v) is 3.54. The molecule has 0 aliphatic carbocycles. The maximum atomic E-state index is 11.9. The largest absolute Gasteiger partial charge is 0.493 e. The zero-order valence-corrected chi connectivity index (χ0v) is 14.4. The Balaban J connectivity index is 1.75. The number of hydrogen-bond acceptors (Lipinski definition) is 4. The molecule has 6 nitrogen and oxygen atoms in total. The SMILES string of the molecule is COC(=O)c1ccccc1NC(=O)NCCCOc1ccccc1C. The van der Waals surface area contributed by atoms with Crippen LogP contribution in [0, 0.1) is 6.92 Å². The van der Waals surface area contributed by atoms with Crippen molar-refractivity contribution in [1.29, 1.82) is 0 Å². The van der Waals surface area contributed by atoms with Gasteiger partial charge in [0.05, 0.1) is 25.0 Å². The lowest BCUT2D eigenvalue weighted by atomic mass is 10.2. The molecule has 2 aromatic rings. The highest BCUT2D eigenvalue weighted by Crippen LogP contribution is 2.16. The molecule has 2 amide bonds. The van der Waals surface area contributed by atoms with Crippen LogP contribution in [-0.2, 0) is 4.74 Å². The van der Waals surface area contributed by atoms with E-state index < -0.39 is 5.97 Å². The molecule has 0 spiro atoms. The van der Waals surface area contributed by atoms with Gasteiger partial charge in [0.25, 0.3) is 0 Å². The molecular formula is C19H22N2O4. The van der Waals surface area contributed by atoms with Gasteiger partial charge in [-0.3, -0.25) is 0 Å². The predicted octanol–water partition coefficient (Wildman–Crippen LogP) is 3.37. The molecule has 2 aromatic carbocycles. The van der Waals surface area contributed by atoms with Gasteiger partial charge in [-0.2, -0.15) is 0 Å². The Morgan fingerprint density at radius 2 is 1.76 bits per heavy atom. The number of anilines is 1. The lowest BCUT2D eigenvalue weighted by Gasteiger charge is -2.11. The van der Waals surface area contributed by atoms with Crippen molar-refractivity contribution in [1.82, 2.24) is 5.32 Å². The van der Waals surface area contributed by atoms with Crippen LogP contribution in [0.15, 0.2) is 48.5 Å². The first-order chi connectivity index (χ1) is 12.1. The summed E-state index contributed by atoms with van der Waals surface area (Å²) in [5.41, 5.74) is 1.79. The molecule has 0 aromatic heterocycles. The highest BCUT2D eigenvalue weighted by atomic mass is 16.5. The van der Waals surface area contributed by atoms with Crippen LogP contribution in [0.4, 0.5) is 10.5 Å². The predicted molar refractivity (Wildman–Crippen MR) is 96.1 cm³/mol. The lowest BCUT2D eigenvalue weighted by molar-refractivity contribution is 0.0602. The van der Waals surface area contributed by atoms with Crippen LogP contribution in [0.3, 0.4) is 0 Å². The normalized spacial score (nSPS) is 10.0. The summed E-state index contributed by atoms with van der Waals surface area (Å²) in [6, 6.07) is 14.1. The molecule has 0 bridgehead atoms. The molecule has 0 saturated carbocycles. The zero-order chi connectivity index (χ0) is 18.1. The molecule has 0 atom stereocenters. The van der Waals surface area contributed by atoms with Crippen molar-refractivity contribution in [2.24, 2.45) is 0 Å². The van der Waals surface area contributed by atoms with Gasteiger partial charge in [-0.25, -0.2) is 9.59 Å². The van der Waals surface area contributed by atoms with E-state index in [-0.39, 0.29) is 6.03 Å². The smallest absolute Gasteiger partial charge is 0.339 e. The van der Waals surface area contributed by atoms with Gasteiger partial charge in [0.1, 0.15) is 5.75 Å². The lowest BCUT2D eigenvalue weighted by Crippen LogP contribution is -2.30. The number of methoxy groups -OCH3 is 1. The number of carbonyl (C=O) groups excluding carboxylic acids is 2. The Morgan fingerprint density at radius 3 is 2.52 bits per heavy atom. The number of esters is 1. The minimum Gasteiger partial charge on any atom is -0.493 e. The van der Waals surface area contributed by atoms with E-state index in [1.165, 1.54) is 7.11 Å². The molecule has 0 saturated heterocycles. The molecular weight excluding hydrogens is 320 g/mol. The maximum absolute atomic E-state index is 11.9. The fraction of sp³-hybridized carbons (Fsp3) is 0.263. The number of ether oxygens (including phenoxy) is 2. The van der Waals surface area contributed by atoms with Gasteiger partial charge in [0.15, 0.2) is 0 Å². The summed E-state index contributed by atoms with van der Waals surface area (Å²) in [6.45, 7) is 2.95. The van der Waals surface area contributed by atoms with E-state index in [1.54, 1.807) is 24.3 Å². The van der Waals surface area contributed by atoms with Crippen molar-refractivity contribution in [2.75, 3.05) is 25.6 Å². The quantitative estimate of drug-likeness (QED) is 0.597. The second-order valence-corrected chi connectivity index (χ2v) is 5.39. The van der Waals surface area contributed by atoms with Crippen LogP contribution in [0.5, 0.6) is 5.75 Å². The molecule has 2 rings (SSSR count). The standard InChI is InChI=1S/C19H22N2O4/c1-14-8-3-6-11-17(14)25-13-7-12-20-19(23)21-16-10-5-4-9-15(16)18(22)24-2/h3-6,8-11H,7,12-13H2,1-2H3,(H2,20,21,23). The number of urea groups is 1. The highest BCUT2D eigenvalue weighted by Gasteiger charge is 2.12. The molecule has 0 fully saturated rings. The third kappa shape index (κ3) is 5.53. The summed E-state index contributed by atoms with van der Waals surface area (Å²) in [4.78, 5) is 23.6. The van der Waals surface area contributed by atoms with Crippen LogP contribution in [0.2, 0.25) is 0 Å². The zero-order valence-electron chi connectivity index (χ0n) is 14.4. The second kappa shape index (κ2) is 9.32. The van der Waals surface area contributed by atoms with Crippen molar-refractivity contribution in [3.63, 3.8) is 0 Å². The van der Waals surface area contributed by atoms with E-state index in [4.69, 9.17) is 9.47 Å². The topological polar surface area (TPSA) is 76.7 Å². The molecule has 0 aliphatic heterocycles. The van der Waals surface area contributed by atoms with E-state index in [1.807, 2.05) is 31.2 Å². The summed E-state index contributed by atoms with van der Waals surface area (Å²) in [5, 5.41) is 5.39. The molecule has 25 heavy (non-hydrogen) atoms. The Hall–Kier alpha value is -3.02. The summed E-state index contributed by atoms with van der Waals surface area (Å²) >= 11 is 0. The van der Waals surface area contributed by atoms with Crippen molar-refractivity contribution in [3.05, 3.63) is 59.7 Å². The van der Waals surface area contributed by atoms with Crippen molar-refractivity contribution >= 4 is 17.7 Å². The molecule has 6 heteroatoms. The van der Waals surface area contributed by atoms with Gasteiger partial charge in [-0.15, -0.1) is 0 Å². The van der Waals surface area contributed by atoms with Crippen molar-refractivity contribution in [3.8, 4) is 5.75 Å². The molecule has 0 heterocycles. The highest BCUT2D eigenvalue weighted by molar-refractivity contribution is 6.00. The van der Waals surface area contributed by atoms with Gasteiger partial charge >= 0.3 is 12.0 Å². The number of carbonyl (C=O) groups is 2. The van der Waals surface area contributed by atoms with Crippen LogP contribution < -0.4 is 15.4 Å². The molecule has 132 valence electrons. The van der Waals surface area contributed by atoms with Crippen LogP contribution in [0.1, 0.15) is 22.3 Å². The van der Waals surface area contributed by atoms with Crippen molar-refractivity contribution in [2.45, 2.75) is 13.3 Å². The summed E-state index contributed by atoms with van der Waals surface area (Å²) in [5.74, 6) is 0.349. The molecule has 0 unspecified atom stereocenters.